The summed E-state index contributed by atoms with van der Waals surface area (Å²) >= 11 is 1.25. The molecule has 50 heavy (non-hydrogen) atoms. The normalized spacial score (nSPS) is 17.9. The Morgan fingerprint density at radius 1 is 1.02 bits per heavy atom. The summed E-state index contributed by atoms with van der Waals surface area (Å²) in [6.07, 6.45) is 2.00. The number of benzene rings is 1. The number of carbonyl (C=O) groups excluding carboxylic acids is 4. The van der Waals surface area contributed by atoms with Gasteiger partial charge in [0.1, 0.15) is 22.5 Å². The SMILES string of the molecule is Cc1oc2nc1C(=O)N[C@@H](C(C)C)c1nc(cs1)C(=O)NCCN(C(=O)CCn1ccc(=O)[nH]c1=O)CCCC(=O)N[C@H]2Cc1ccccc1. The summed E-state index contributed by atoms with van der Waals surface area (Å²) in [6, 6.07) is 9.51. The molecule has 3 aromatic heterocycles. The molecule has 4 aromatic rings. The van der Waals surface area contributed by atoms with Crippen molar-refractivity contribution in [2.45, 2.75) is 65.1 Å². The van der Waals surface area contributed by atoms with Crippen molar-refractivity contribution in [2.75, 3.05) is 19.6 Å². The summed E-state index contributed by atoms with van der Waals surface area (Å²) in [5, 5.41) is 10.9. The van der Waals surface area contributed by atoms with Gasteiger partial charge < -0.3 is 29.8 Å². The van der Waals surface area contributed by atoms with Crippen LogP contribution in [0.1, 0.15) is 88.4 Å². The number of nitrogens with one attached hydrogen (secondary N) is 4. The molecule has 0 saturated heterocycles. The fourth-order valence-corrected chi connectivity index (χ4v) is 6.55. The summed E-state index contributed by atoms with van der Waals surface area (Å²) in [5.41, 5.74) is 0.0244. The molecule has 0 fully saturated rings. The Hall–Kier alpha value is -5.38. The lowest BCUT2D eigenvalue weighted by atomic mass is 10.0. The largest absolute Gasteiger partial charge is 0.443 e. The summed E-state index contributed by atoms with van der Waals surface area (Å²) in [6.45, 7) is 5.97. The van der Waals surface area contributed by atoms with Crippen LogP contribution in [0.4, 0.5) is 0 Å². The minimum Gasteiger partial charge on any atom is -0.443 e. The van der Waals surface area contributed by atoms with Gasteiger partial charge in [0, 0.05) is 63.1 Å². The van der Waals surface area contributed by atoms with Crippen LogP contribution in [0.5, 0.6) is 0 Å². The minimum absolute atomic E-state index is 0.0334. The third-order valence-electron chi connectivity index (χ3n) is 8.23. The van der Waals surface area contributed by atoms with Crippen molar-refractivity contribution in [3.05, 3.63) is 102 Å². The molecule has 0 aliphatic carbocycles. The van der Waals surface area contributed by atoms with Gasteiger partial charge >= 0.3 is 5.69 Å². The number of hydrogen-bond acceptors (Lipinski definition) is 10. The Labute approximate surface area is 291 Å². The zero-order valence-corrected chi connectivity index (χ0v) is 28.9. The van der Waals surface area contributed by atoms with Gasteiger partial charge in [-0.2, -0.15) is 0 Å². The van der Waals surface area contributed by atoms with Gasteiger partial charge in [-0.3, -0.25) is 29.0 Å². The van der Waals surface area contributed by atoms with Gasteiger partial charge in [-0.25, -0.2) is 14.8 Å². The van der Waals surface area contributed by atoms with Crippen LogP contribution >= 0.6 is 11.3 Å². The predicted molar refractivity (Wildman–Crippen MR) is 184 cm³/mol. The smallest absolute Gasteiger partial charge is 0.328 e. The van der Waals surface area contributed by atoms with Crippen molar-refractivity contribution in [1.29, 1.82) is 0 Å². The zero-order valence-electron chi connectivity index (χ0n) is 28.1. The number of carbonyl (C=O) groups is 4. The van der Waals surface area contributed by atoms with E-state index in [0.717, 1.165) is 5.56 Å². The first-order chi connectivity index (χ1) is 24.0. The first-order valence-electron chi connectivity index (χ1n) is 16.4. The Morgan fingerprint density at radius 2 is 1.80 bits per heavy atom. The van der Waals surface area contributed by atoms with Crippen LogP contribution in [-0.4, -0.2) is 67.7 Å². The molecule has 0 radical (unpaired) electrons. The van der Waals surface area contributed by atoms with Crippen LogP contribution in [0.2, 0.25) is 0 Å². The van der Waals surface area contributed by atoms with Crippen molar-refractivity contribution in [2.24, 2.45) is 5.92 Å². The van der Waals surface area contributed by atoms with E-state index < -0.39 is 35.1 Å². The zero-order chi connectivity index (χ0) is 35.8. The van der Waals surface area contributed by atoms with Gasteiger partial charge in [0.2, 0.25) is 17.7 Å². The fourth-order valence-electron chi connectivity index (χ4n) is 5.53. The molecule has 4 N–H and O–H groups in total. The van der Waals surface area contributed by atoms with Crippen LogP contribution in [0.25, 0.3) is 0 Å². The average Bonchev–Trinajstić information content (AvgIpc) is 3.73. The molecule has 5 rings (SSSR count). The van der Waals surface area contributed by atoms with Crippen LogP contribution in [0.3, 0.4) is 0 Å². The Balaban J connectivity index is 1.40. The molecule has 0 spiro atoms. The Kier molecular flexibility index (Phi) is 11.7. The highest BCUT2D eigenvalue weighted by Gasteiger charge is 2.29. The first-order valence-corrected chi connectivity index (χ1v) is 17.3. The molecule has 16 heteroatoms. The van der Waals surface area contributed by atoms with Crippen LogP contribution < -0.4 is 27.2 Å². The second-order valence-electron chi connectivity index (χ2n) is 12.3. The molecule has 1 aliphatic rings. The monoisotopic (exact) mass is 704 g/mol. The van der Waals surface area contributed by atoms with Crippen molar-refractivity contribution >= 4 is 35.0 Å². The number of aryl methyl sites for hydroxylation is 2. The molecule has 0 saturated carbocycles. The number of hydrogen-bond donors (Lipinski definition) is 4. The topological polar surface area (TPSA) is 201 Å². The lowest BCUT2D eigenvalue weighted by Crippen LogP contribution is -2.40. The van der Waals surface area contributed by atoms with E-state index in [1.54, 1.807) is 12.3 Å². The highest BCUT2D eigenvalue weighted by Crippen LogP contribution is 2.27. The number of aromatic amines is 1. The number of aromatic nitrogens is 4. The van der Waals surface area contributed by atoms with E-state index in [1.807, 2.05) is 44.2 Å². The van der Waals surface area contributed by atoms with Crippen molar-refractivity contribution in [3.63, 3.8) is 0 Å². The Bertz CT molecular complexity index is 1950. The molecule has 4 amide bonds. The van der Waals surface area contributed by atoms with Gasteiger partial charge in [0.25, 0.3) is 17.4 Å². The molecule has 1 aliphatic heterocycles. The van der Waals surface area contributed by atoms with E-state index in [0.29, 0.717) is 17.8 Å². The molecule has 1 aromatic carbocycles. The Morgan fingerprint density at radius 3 is 2.54 bits per heavy atom. The van der Waals surface area contributed by atoms with Gasteiger partial charge in [-0.15, -0.1) is 11.3 Å². The quantitative estimate of drug-likeness (QED) is 0.232. The van der Waals surface area contributed by atoms with E-state index >= 15 is 0 Å². The molecular formula is C34H40N8O7S. The third-order valence-corrected chi connectivity index (χ3v) is 9.16. The van der Waals surface area contributed by atoms with Crippen LogP contribution in [0, 0.1) is 12.8 Å². The minimum atomic E-state index is -0.679. The van der Waals surface area contributed by atoms with Gasteiger partial charge in [0.05, 0.1) is 6.04 Å². The number of nitrogens with zero attached hydrogens (tertiary/aromatic N) is 4. The highest BCUT2D eigenvalue weighted by molar-refractivity contribution is 7.09. The maximum atomic E-state index is 13.5. The summed E-state index contributed by atoms with van der Waals surface area (Å²) in [4.78, 5) is 89.5. The third kappa shape index (κ3) is 9.19. The molecule has 0 unspecified atom stereocenters. The average molecular weight is 705 g/mol. The van der Waals surface area contributed by atoms with E-state index in [9.17, 15) is 28.8 Å². The van der Waals surface area contributed by atoms with Crippen molar-refractivity contribution in [1.82, 2.24) is 40.4 Å². The maximum Gasteiger partial charge on any atom is 0.328 e. The number of rotatable bonds is 6. The van der Waals surface area contributed by atoms with Crippen molar-refractivity contribution in [3.8, 4) is 0 Å². The summed E-state index contributed by atoms with van der Waals surface area (Å²) in [5.74, 6) is -1.12. The van der Waals surface area contributed by atoms with E-state index in [-0.39, 0.29) is 79.8 Å². The van der Waals surface area contributed by atoms with Gasteiger partial charge in [0.15, 0.2) is 5.69 Å². The number of H-pyrrole nitrogens is 1. The number of oxazole rings is 1. The van der Waals surface area contributed by atoms with E-state index in [4.69, 9.17) is 4.42 Å². The lowest BCUT2D eigenvalue weighted by molar-refractivity contribution is -0.132. The van der Waals surface area contributed by atoms with E-state index in [2.05, 4.69) is 30.9 Å². The first kappa shape index (κ1) is 35.9. The molecule has 264 valence electrons. The molecule has 4 bridgehead atoms. The van der Waals surface area contributed by atoms with E-state index in [1.165, 1.54) is 33.1 Å². The molecular weight excluding hydrogens is 664 g/mol. The van der Waals surface area contributed by atoms with Crippen LogP contribution in [0.15, 0.2) is 62.0 Å². The molecule has 4 heterocycles. The predicted octanol–water partition coefficient (Wildman–Crippen LogP) is 2.26. The number of thiazole rings is 1. The number of amides is 4. The van der Waals surface area contributed by atoms with Crippen molar-refractivity contribution < 1.29 is 23.6 Å². The number of fused-ring (bicyclic) bond motifs is 4. The highest BCUT2D eigenvalue weighted by atomic mass is 32.1. The lowest BCUT2D eigenvalue weighted by Gasteiger charge is -2.23. The standard InChI is InChI=1S/C34H40N8O7S/c1-20(2)28-33-37-24(19-50-33)30(46)35-13-17-41(27(45)12-16-42-15-11-26(44)38-34(42)48)14-7-10-25(43)36-23(18-22-8-5-4-6-9-22)32-40-29(21(3)49-32)31(47)39-28/h4-6,8-9,11,15,19-20,23,28H,7,10,12-14,16-18H2,1-3H3,(H,35,46)(H,36,43)(H,39,47)(H,38,44,48)/t23-,28-/m0/s1. The molecule has 15 nitrogen and oxygen atoms in total. The summed E-state index contributed by atoms with van der Waals surface area (Å²) < 4.78 is 7.22. The second-order valence-corrected chi connectivity index (χ2v) is 13.2. The molecule has 2 atom stereocenters. The van der Waals surface area contributed by atoms with Gasteiger partial charge in [-0.05, 0) is 24.8 Å². The second kappa shape index (κ2) is 16.3. The van der Waals surface area contributed by atoms with Crippen LogP contribution in [-0.2, 0) is 22.6 Å². The fraction of sp³-hybridized carbons (Fsp3) is 0.412. The van der Waals surface area contributed by atoms with Gasteiger partial charge in [-0.1, -0.05) is 44.2 Å². The summed E-state index contributed by atoms with van der Waals surface area (Å²) in [7, 11) is 0. The maximum absolute atomic E-state index is 13.5.